The monoisotopic (exact) mass is 376 g/mol. The van der Waals surface area contributed by atoms with Crippen LogP contribution in [0.2, 0.25) is 5.02 Å². The second kappa shape index (κ2) is 6.01. The van der Waals surface area contributed by atoms with Crippen molar-refractivity contribution in [2.24, 2.45) is 7.05 Å². The highest BCUT2D eigenvalue weighted by molar-refractivity contribution is 7.19. The van der Waals surface area contributed by atoms with Gasteiger partial charge in [-0.1, -0.05) is 22.9 Å². The lowest BCUT2D eigenvalue weighted by Crippen LogP contribution is -1.99. The lowest BCUT2D eigenvalue weighted by molar-refractivity contribution is 0.355. The maximum absolute atomic E-state index is 6.21. The van der Waals surface area contributed by atoms with Gasteiger partial charge in [0.05, 0.1) is 25.4 Å². The van der Waals surface area contributed by atoms with Crippen LogP contribution >= 0.6 is 22.9 Å². The fraction of sp³-hybridized carbons (Fsp3) is 0.200. The fourth-order valence-corrected chi connectivity index (χ4v) is 3.60. The molecule has 25 heavy (non-hydrogen) atoms. The van der Waals surface area contributed by atoms with Crippen LogP contribution in [-0.4, -0.2) is 43.8 Å². The minimum atomic E-state index is 0.498. The lowest BCUT2D eigenvalue weighted by Gasteiger charge is -2.07. The molecule has 0 radical (unpaired) electrons. The zero-order chi connectivity index (χ0) is 17.6. The number of benzene rings is 1. The second-order valence-electron chi connectivity index (χ2n) is 5.16. The Morgan fingerprint density at radius 1 is 1.12 bits per heavy atom. The van der Waals surface area contributed by atoms with Gasteiger partial charge >= 0.3 is 0 Å². The summed E-state index contributed by atoms with van der Waals surface area (Å²) in [6, 6.07) is 5.64. The van der Waals surface area contributed by atoms with E-state index in [1.807, 2.05) is 18.2 Å². The van der Waals surface area contributed by atoms with Crippen LogP contribution in [0.3, 0.4) is 0 Å². The van der Waals surface area contributed by atoms with Gasteiger partial charge < -0.3 is 9.47 Å². The third kappa shape index (κ3) is 2.52. The van der Waals surface area contributed by atoms with Gasteiger partial charge in [0, 0.05) is 12.6 Å². The van der Waals surface area contributed by atoms with Crippen LogP contribution in [-0.2, 0) is 7.05 Å². The molecule has 3 heterocycles. The molecule has 0 saturated heterocycles. The van der Waals surface area contributed by atoms with Gasteiger partial charge in [-0.2, -0.15) is 14.7 Å². The van der Waals surface area contributed by atoms with Crippen molar-refractivity contribution in [2.75, 3.05) is 14.2 Å². The summed E-state index contributed by atoms with van der Waals surface area (Å²) >= 11 is 7.64. The van der Waals surface area contributed by atoms with Crippen molar-refractivity contribution in [1.82, 2.24) is 29.6 Å². The Morgan fingerprint density at radius 2 is 1.92 bits per heavy atom. The van der Waals surface area contributed by atoms with Gasteiger partial charge in [0.15, 0.2) is 11.5 Å². The Hall–Kier alpha value is -2.65. The highest BCUT2D eigenvalue weighted by Crippen LogP contribution is 2.35. The quantitative estimate of drug-likeness (QED) is 0.545. The molecule has 0 spiro atoms. The first-order valence-electron chi connectivity index (χ1n) is 7.25. The number of hydrogen-bond acceptors (Lipinski definition) is 7. The number of methoxy groups -OCH3 is 2. The van der Waals surface area contributed by atoms with Gasteiger partial charge in [-0.3, -0.25) is 4.68 Å². The molecule has 0 bridgehead atoms. The van der Waals surface area contributed by atoms with Gasteiger partial charge in [0.1, 0.15) is 10.7 Å². The Bertz CT molecular complexity index is 1050. The summed E-state index contributed by atoms with van der Waals surface area (Å²) < 4.78 is 13.9. The maximum atomic E-state index is 6.21. The van der Waals surface area contributed by atoms with E-state index in [2.05, 4.69) is 20.4 Å². The first kappa shape index (κ1) is 15.9. The average Bonchev–Trinajstić information content (AvgIpc) is 3.29. The molecule has 0 aliphatic heterocycles. The van der Waals surface area contributed by atoms with E-state index < -0.39 is 0 Å². The fourth-order valence-electron chi connectivity index (χ4n) is 2.51. The Morgan fingerprint density at radius 3 is 2.60 bits per heavy atom. The predicted octanol–water partition coefficient (Wildman–Crippen LogP) is 2.92. The van der Waals surface area contributed by atoms with Crippen LogP contribution in [0, 0.1) is 0 Å². The van der Waals surface area contributed by atoms with Gasteiger partial charge in [-0.15, -0.1) is 10.2 Å². The average molecular weight is 377 g/mol. The summed E-state index contributed by atoms with van der Waals surface area (Å²) in [4.78, 5) is 0.664. The highest BCUT2D eigenvalue weighted by atomic mass is 35.5. The van der Waals surface area contributed by atoms with Gasteiger partial charge in [-0.05, 0) is 18.2 Å². The minimum absolute atomic E-state index is 0.498. The van der Waals surface area contributed by atoms with Crippen LogP contribution in [0.4, 0.5) is 0 Å². The van der Waals surface area contributed by atoms with E-state index in [0.29, 0.717) is 33.0 Å². The van der Waals surface area contributed by atoms with E-state index in [0.717, 1.165) is 10.6 Å². The summed E-state index contributed by atoms with van der Waals surface area (Å²) in [6.07, 6.45) is 1.57. The third-order valence-corrected chi connectivity index (χ3v) is 4.95. The van der Waals surface area contributed by atoms with E-state index in [9.17, 15) is 0 Å². The van der Waals surface area contributed by atoms with Gasteiger partial charge in [0.2, 0.25) is 10.8 Å². The Balaban J connectivity index is 1.83. The number of aryl methyl sites for hydroxylation is 1. The molecular weight excluding hydrogens is 364 g/mol. The number of ether oxygens (including phenoxy) is 2. The van der Waals surface area contributed by atoms with E-state index in [1.54, 1.807) is 36.7 Å². The van der Waals surface area contributed by atoms with Crippen molar-refractivity contribution in [1.29, 1.82) is 0 Å². The number of hydrogen-bond donors (Lipinski definition) is 0. The topological polar surface area (TPSA) is 79.4 Å². The summed E-state index contributed by atoms with van der Waals surface area (Å²) in [5, 5.41) is 18.4. The smallest absolute Gasteiger partial charge is 0.235 e. The molecule has 128 valence electrons. The molecule has 0 unspecified atom stereocenters. The normalized spacial score (nSPS) is 11.2. The summed E-state index contributed by atoms with van der Waals surface area (Å²) in [5.41, 5.74) is 1.56. The summed E-state index contributed by atoms with van der Waals surface area (Å²) in [5.74, 6) is 1.85. The van der Waals surface area contributed by atoms with Gasteiger partial charge in [0.25, 0.3) is 0 Å². The highest BCUT2D eigenvalue weighted by Gasteiger charge is 2.20. The lowest BCUT2D eigenvalue weighted by atomic mass is 10.2. The molecule has 0 saturated carbocycles. The van der Waals surface area contributed by atoms with E-state index in [-0.39, 0.29) is 0 Å². The molecule has 10 heteroatoms. The molecule has 1 aromatic carbocycles. The van der Waals surface area contributed by atoms with Crippen molar-refractivity contribution in [3.05, 3.63) is 29.4 Å². The molecule has 4 aromatic rings. The Labute approximate surface area is 151 Å². The van der Waals surface area contributed by atoms with Crippen molar-refractivity contribution in [3.63, 3.8) is 0 Å². The first-order chi connectivity index (χ1) is 12.1. The molecule has 0 amide bonds. The van der Waals surface area contributed by atoms with Crippen molar-refractivity contribution < 1.29 is 9.47 Å². The number of nitrogens with zero attached hydrogens (tertiary/aromatic N) is 6. The minimum Gasteiger partial charge on any atom is -0.493 e. The van der Waals surface area contributed by atoms with Crippen LogP contribution in [0.5, 0.6) is 11.5 Å². The number of rotatable bonds is 4. The van der Waals surface area contributed by atoms with E-state index >= 15 is 0 Å². The third-order valence-electron chi connectivity index (χ3n) is 3.73. The number of fused-ring (bicyclic) bond motifs is 1. The van der Waals surface area contributed by atoms with Crippen LogP contribution in [0.1, 0.15) is 0 Å². The zero-order valence-corrected chi connectivity index (χ0v) is 15.2. The van der Waals surface area contributed by atoms with Crippen LogP contribution < -0.4 is 9.47 Å². The van der Waals surface area contributed by atoms with Crippen molar-refractivity contribution >= 4 is 27.9 Å². The molecule has 3 aromatic heterocycles. The Kier molecular flexibility index (Phi) is 3.81. The molecule has 0 atom stereocenters. The predicted molar refractivity (Wildman–Crippen MR) is 94.4 cm³/mol. The largest absolute Gasteiger partial charge is 0.493 e. The summed E-state index contributed by atoms with van der Waals surface area (Å²) in [7, 11) is 5.00. The van der Waals surface area contributed by atoms with Crippen LogP contribution in [0.25, 0.3) is 27.1 Å². The molecular formula is C15H13ClN6O2S. The molecule has 8 nitrogen and oxygen atoms in total. The number of halogens is 1. The first-order valence-corrected chi connectivity index (χ1v) is 8.44. The molecule has 0 aliphatic carbocycles. The van der Waals surface area contributed by atoms with Crippen molar-refractivity contribution in [3.8, 4) is 33.6 Å². The molecule has 0 aliphatic rings. The molecule has 0 N–H and O–H groups in total. The van der Waals surface area contributed by atoms with Gasteiger partial charge in [-0.25, -0.2) is 0 Å². The maximum Gasteiger partial charge on any atom is 0.235 e. The van der Waals surface area contributed by atoms with Crippen molar-refractivity contribution in [2.45, 2.75) is 0 Å². The SMILES string of the molecule is COc1ccc(-c2nn3c(-c4c(Cl)cnn4C)nnc3s2)cc1OC. The second-order valence-corrected chi connectivity index (χ2v) is 6.52. The standard InChI is InChI=1S/C15H13ClN6O2S/c1-21-12(9(16)7-17-21)13-18-19-15-22(13)20-14(25-15)8-4-5-10(23-2)11(6-8)24-3/h4-7H,1-3H3. The summed E-state index contributed by atoms with van der Waals surface area (Å²) in [6.45, 7) is 0. The van der Waals surface area contributed by atoms with E-state index in [4.69, 9.17) is 21.1 Å². The number of aromatic nitrogens is 6. The molecule has 4 rings (SSSR count). The zero-order valence-electron chi connectivity index (χ0n) is 13.6. The van der Waals surface area contributed by atoms with Crippen LogP contribution in [0.15, 0.2) is 24.4 Å². The molecule has 0 fully saturated rings. The van der Waals surface area contributed by atoms with E-state index in [1.165, 1.54) is 11.3 Å².